The molecule has 0 atom stereocenters. The molecule has 0 saturated heterocycles. The first-order chi connectivity index (χ1) is 8.69. The average Bonchev–Trinajstić information content (AvgIpc) is 2.39. The number of aliphatic hydroxyl groups is 1. The molecule has 18 heavy (non-hydrogen) atoms. The van der Waals surface area contributed by atoms with Crippen molar-refractivity contribution >= 4 is 27.5 Å². The van der Waals surface area contributed by atoms with Gasteiger partial charge in [-0.15, -0.1) is 0 Å². The van der Waals surface area contributed by atoms with Crippen LogP contribution in [0.3, 0.4) is 0 Å². The van der Waals surface area contributed by atoms with Crippen LogP contribution in [0.25, 0.3) is 0 Å². The number of hydrogen-bond acceptors (Lipinski definition) is 2. The summed E-state index contributed by atoms with van der Waals surface area (Å²) >= 11 is 9.24. The smallest absolute Gasteiger partial charge is 0.125 e. The molecule has 1 N–H and O–H groups in total. The van der Waals surface area contributed by atoms with Crippen molar-refractivity contribution in [2.45, 2.75) is 13.2 Å². The van der Waals surface area contributed by atoms with E-state index in [-0.39, 0.29) is 6.61 Å². The van der Waals surface area contributed by atoms with Gasteiger partial charge in [0.1, 0.15) is 12.4 Å². The summed E-state index contributed by atoms with van der Waals surface area (Å²) in [6.45, 7) is 0.373. The van der Waals surface area contributed by atoms with E-state index in [4.69, 9.17) is 16.3 Å². The summed E-state index contributed by atoms with van der Waals surface area (Å²) in [5.41, 5.74) is 1.76. The molecule has 0 bridgehead atoms. The SMILES string of the molecule is OCc1cc(Cl)ccc1OCc1ccc(Br)cc1. The van der Waals surface area contributed by atoms with Crippen LogP contribution in [-0.4, -0.2) is 5.11 Å². The lowest BCUT2D eigenvalue weighted by Crippen LogP contribution is -1.98. The molecule has 94 valence electrons. The Hall–Kier alpha value is -1.03. The number of ether oxygens (including phenoxy) is 1. The Labute approximate surface area is 119 Å². The lowest BCUT2D eigenvalue weighted by atomic mass is 10.2. The maximum Gasteiger partial charge on any atom is 0.125 e. The van der Waals surface area contributed by atoms with Crippen molar-refractivity contribution in [1.29, 1.82) is 0 Å². The Balaban J connectivity index is 2.08. The third-order valence-electron chi connectivity index (χ3n) is 2.50. The Morgan fingerprint density at radius 3 is 2.50 bits per heavy atom. The van der Waals surface area contributed by atoms with E-state index < -0.39 is 0 Å². The molecule has 2 aromatic rings. The molecule has 0 amide bonds. The normalized spacial score (nSPS) is 10.4. The van der Waals surface area contributed by atoms with Crippen LogP contribution in [0.15, 0.2) is 46.9 Å². The summed E-state index contributed by atoms with van der Waals surface area (Å²) in [4.78, 5) is 0. The second-order valence-corrected chi connectivity index (χ2v) is 5.18. The van der Waals surface area contributed by atoms with Crippen LogP contribution < -0.4 is 4.74 Å². The third kappa shape index (κ3) is 3.48. The molecular formula is C14H12BrClO2. The molecule has 2 rings (SSSR count). The zero-order chi connectivity index (χ0) is 13.0. The topological polar surface area (TPSA) is 29.5 Å². The van der Waals surface area contributed by atoms with Gasteiger partial charge < -0.3 is 9.84 Å². The number of hydrogen-bond donors (Lipinski definition) is 1. The van der Waals surface area contributed by atoms with Gasteiger partial charge in [0.2, 0.25) is 0 Å². The van der Waals surface area contributed by atoms with Gasteiger partial charge in [-0.1, -0.05) is 39.7 Å². The van der Waals surface area contributed by atoms with Crippen molar-refractivity contribution < 1.29 is 9.84 Å². The van der Waals surface area contributed by atoms with Gasteiger partial charge >= 0.3 is 0 Å². The fourth-order valence-corrected chi connectivity index (χ4v) is 2.01. The van der Waals surface area contributed by atoms with Gasteiger partial charge in [0.05, 0.1) is 6.61 Å². The van der Waals surface area contributed by atoms with Gasteiger partial charge in [-0.05, 0) is 35.9 Å². The third-order valence-corrected chi connectivity index (χ3v) is 3.26. The van der Waals surface area contributed by atoms with Crippen LogP contribution in [0.4, 0.5) is 0 Å². The lowest BCUT2D eigenvalue weighted by Gasteiger charge is -2.10. The van der Waals surface area contributed by atoms with Gasteiger partial charge in [-0.2, -0.15) is 0 Å². The molecule has 0 aromatic heterocycles. The van der Waals surface area contributed by atoms with Gasteiger partial charge in [-0.3, -0.25) is 0 Å². The monoisotopic (exact) mass is 326 g/mol. The maximum atomic E-state index is 9.23. The van der Waals surface area contributed by atoms with Crippen molar-refractivity contribution in [3.63, 3.8) is 0 Å². The van der Waals surface area contributed by atoms with Gasteiger partial charge in [0.15, 0.2) is 0 Å². The fraction of sp³-hybridized carbons (Fsp3) is 0.143. The minimum absolute atomic E-state index is 0.0871. The number of rotatable bonds is 4. The molecule has 2 aromatic carbocycles. The van der Waals surface area contributed by atoms with Gasteiger partial charge in [0.25, 0.3) is 0 Å². The van der Waals surface area contributed by atoms with E-state index in [1.807, 2.05) is 24.3 Å². The van der Waals surface area contributed by atoms with Crippen LogP contribution in [0.2, 0.25) is 5.02 Å². The highest BCUT2D eigenvalue weighted by Gasteiger charge is 2.04. The first kappa shape index (κ1) is 13.4. The van der Waals surface area contributed by atoms with Crippen LogP contribution in [0.5, 0.6) is 5.75 Å². The van der Waals surface area contributed by atoms with E-state index in [1.165, 1.54) is 0 Å². The van der Waals surface area contributed by atoms with Crippen molar-refractivity contribution in [1.82, 2.24) is 0 Å². The number of benzene rings is 2. The molecule has 0 fully saturated rings. The van der Waals surface area contributed by atoms with Gasteiger partial charge in [0, 0.05) is 15.1 Å². The number of aliphatic hydroxyl groups excluding tert-OH is 1. The first-order valence-corrected chi connectivity index (χ1v) is 6.62. The predicted octanol–water partition coefficient (Wildman–Crippen LogP) is 4.17. The minimum Gasteiger partial charge on any atom is -0.489 e. The standard InChI is InChI=1S/C14H12BrClO2/c15-12-3-1-10(2-4-12)9-18-14-6-5-13(16)7-11(14)8-17/h1-7,17H,8-9H2. The molecule has 0 aliphatic heterocycles. The summed E-state index contributed by atoms with van der Waals surface area (Å²) in [5, 5.41) is 9.82. The summed E-state index contributed by atoms with van der Waals surface area (Å²) < 4.78 is 6.71. The largest absolute Gasteiger partial charge is 0.489 e. The second-order valence-electron chi connectivity index (χ2n) is 3.83. The molecule has 2 nitrogen and oxygen atoms in total. The van der Waals surface area contributed by atoms with Crippen molar-refractivity contribution in [3.8, 4) is 5.75 Å². The molecule has 0 radical (unpaired) electrons. The average molecular weight is 328 g/mol. The minimum atomic E-state index is -0.0871. The Bertz CT molecular complexity index is 526. The Morgan fingerprint density at radius 2 is 1.83 bits per heavy atom. The molecule has 0 aliphatic rings. The highest BCUT2D eigenvalue weighted by atomic mass is 79.9. The number of halogens is 2. The molecule has 0 saturated carbocycles. The van der Waals surface area contributed by atoms with Crippen LogP contribution >= 0.6 is 27.5 Å². The zero-order valence-corrected chi connectivity index (χ0v) is 11.9. The van der Waals surface area contributed by atoms with E-state index in [0.717, 1.165) is 10.0 Å². The highest BCUT2D eigenvalue weighted by Crippen LogP contribution is 2.24. The molecule has 0 unspecified atom stereocenters. The van der Waals surface area contributed by atoms with E-state index in [9.17, 15) is 5.11 Å². The summed E-state index contributed by atoms with van der Waals surface area (Å²) in [6, 6.07) is 13.1. The van der Waals surface area contributed by atoms with E-state index in [2.05, 4.69) is 15.9 Å². The Kier molecular flexibility index (Phi) is 4.64. The van der Waals surface area contributed by atoms with E-state index in [1.54, 1.807) is 18.2 Å². The summed E-state index contributed by atoms with van der Waals surface area (Å²) in [7, 11) is 0. The first-order valence-electron chi connectivity index (χ1n) is 5.45. The highest BCUT2D eigenvalue weighted by molar-refractivity contribution is 9.10. The molecule has 0 heterocycles. The van der Waals surface area contributed by atoms with Crippen molar-refractivity contribution in [2.24, 2.45) is 0 Å². The van der Waals surface area contributed by atoms with E-state index in [0.29, 0.717) is 22.9 Å². The van der Waals surface area contributed by atoms with Crippen molar-refractivity contribution in [3.05, 3.63) is 63.1 Å². The maximum absolute atomic E-state index is 9.23. The van der Waals surface area contributed by atoms with Crippen LogP contribution in [0.1, 0.15) is 11.1 Å². The molecule has 0 spiro atoms. The molecular weight excluding hydrogens is 316 g/mol. The van der Waals surface area contributed by atoms with Crippen LogP contribution in [-0.2, 0) is 13.2 Å². The van der Waals surface area contributed by atoms with Crippen molar-refractivity contribution in [2.75, 3.05) is 0 Å². The predicted molar refractivity (Wildman–Crippen MR) is 75.8 cm³/mol. The lowest BCUT2D eigenvalue weighted by molar-refractivity contribution is 0.259. The van der Waals surface area contributed by atoms with Gasteiger partial charge in [-0.25, -0.2) is 0 Å². The summed E-state index contributed by atoms with van der Waals surface area (Å²) in [6.07, 6.45) is 0. The summed E-state index contributed by atoms with van der Waals surface area (Å²) in [5.74, 6) is 0.657. The second kappa shape index (κ2) is 6.23. The fourth-order valence-electron chi connectivity index (χ4n) is 1.55. The Morgan fingerprint density at radius 1 is 1.11 bits per heavy atom. The quantitative estimate of drug-likeness (QED) is 0.913. The van der Waals surface area contributed by atoms with E-state index >= 15 is 0 Å². The molecule has 0 aliphatic carbocycles. The zero-order valence-electron chi connectivity index (χ0n) is 9.57. The molecule has 4 heteroatoms. The van der Waals surface area contributed by atoms with Crippen LogP contribution in [0, 0.1) is 0 Å².